The molecule has 2 amide bonds. The van der Waals surface area contributed by atoms with Crippen LogP contribution in [0.4, 0.5) is 11.4 Å². The Labute approximate surface area is 217 Å². The molecule has 2 aromatic carbocycles. The minimum absolute atomic E-state index is 0.0544. The molecule has 1 aromatic heterocycles. The second-order valence-electron chi connectivity index (χ2n) is 7.75. The van der Waals surface area contributed by atoms with E-state index in [-0.39, 0.29) is 18.2 Å². The third kappa shape index (κ3) is 6.32. The van der Waals surface area contributed by atoms with Gasteiger partial charge in [0.1, 0.15) is 11.0 Å². The molecular weight excluding hydrogens is 498 g/mol. The fourth-order valence-electron chi connectivity index (χ4n) is 3.45. The van der Waals surface area contributed by atoms with Crippen molar-refractivity contribution in [3.05, 3.63) is 76.5 Å². The first-order chi connectivity index (χ1) is 17.5. The first kappa shape index (κ1) is 25.5. The Bertz CT molecular complexity index is 1240. The zero-order chi connectivity index (χ0) is 25.5. The first-order valence-corrected chi connectivity index (χ1v) is 13.0. The van der Waals surface area contributed by atoms with Crippen LogP contribution in [0.2, 0.25) is 0 Å². The summed E-state index contributed by atoms with van der Waals surface area (Å²) in [6.45, 7) is 2.41. The molecule has 0 saturated carbocycles. The number of esters is 1. The van der Waals surface area contributed by atoms with Crippen molar-refractivity contribution < 1.29 is 23.9 Å². The number of carbonyl (C=O) groups excluding carboxylic acids is 3. The topological polar surface area (TPSA) is 97.3 Å². The van der Waals surface area contributed by atoms with Crippen molar-refractivity contribution in [1.82, 2.24) is 4.90 Å². The molecule has 1 atom stereocenters. The molecular formula is C26H25N3O5S2. The third-order valence-corrected chi connectivity index (χ3v) is 7.34. The van der Waals surface area contributed by atoms with Gasteiger partial charge in [-0.2, -0.15) is 0 Å². The molecule has 3 aromatic rings. The van der Waals surface area contributed by atoms with Gasteiger partial charge >= 0.3 is 5.97 Å². The summed E-state index contributed by atoms with van der Waals surface area (Å²) in [5.41, 5.74) is 1.59. The van der Waals surface area contributed by atoms with Gasteiger partial charge in [0.2, 0.25) is 11.8 Å². The molecule has 0 radical (unpaired) electrons. The van der Waals surface area contributed by atoms with Gasteiger partial charge in [0, 0.05) is 17.0 Å². The highest BCUT2D eigenvalue weighted by Crippen LogP contribution is 2.32. The van der Waals surface area contributed by atoms with Crippen LogP contribution in [-0.4, -0.2) is 46.8 Å². The van der Waals surface area contributed by atoms with Gasteiger partial charge in [-0.15, -0.1) is 11.3 Å². The number of hydrogen-bond donors (Lipinski definition) is 1. The smallest absolute Gasteiger partial charge is 0.338 e. The fourth-order valence-corrected chi connectivity index (χ4v) is 5.24. The summed E-state index contributed by atoms with van der Waals surface area (Å²) in [5.74, 6) is -0.185. The standard InChI is InChI=1S/C26H25N3O5S2/c1-3-34-25(32)17-6-8-19(9-7-17)28-26-29(16-21-5-4-14-35-21)23(30)15-22(36-26)24(31)27-18-10-12-20(33-2)13-11-18/h4-14,22H,3,15-16H2,1-2H3,(H,27,31). The molecule has 186 valence electrons. The van der Waals surface area contributed by atoms with E-state index in [2.05, 4.69) is 10.3 Å². The monoisotopic (exact) mass is 523 g/mol. The Balaban J connectivity index is 1.56. The normalized spacial score (nSPS) is 16.6. The van der Waals surface area contributed by atoms with Crippen molar-refractivity contribution >= 4 is 57.4 Å². The minimum atomic E-state index is -0.642. The molecule has 0 bridgehead atoms. The lowest BCUT2D eigenvalue weighted by Gasteiger charge is -2.31. The number of amides is 2. The molecule has 1 unspecified atom stereocenters. The van der Waals surface area contributed by atoms with Crippen molar-refractivity contribution in [2.24, 2.45) is 4.99 Å². The number of carbonyl (C=O) groups is 3. The van der Waals surface area contributed by atoms with Crippen LogP contribution in [0.1, 0.15) is 28.6 Å². The molecule has 1 aliphatic heterocycles. The number of thioether (sulfide) groups is 1. The quantitative estimate of drug-likeness (QED) is 0.413. The molecule has 0 aliphatic carbocycles. The number of hydrogen-bond acceptors (Lipinski definition) is 8. The predicted octanol–water partition coefficient (Wildman–Crippen LogP) is 5.09. The summed E-state index contributed by atoms with van der Waals surface area (Å²) >= 11 is 2.79. The largest absolute Gasteiger partial charge is 0.497 e. The second-order valence-corrected chi connectivity index (χ2v) is 9.95. The van der Waals surface area contributed by atoms with Crippen molar-refractivity contribution in [3.8, 4) is 5.75 Å². The van der Waals surface area contributed by atoms with E-state index in [1.807, 2.05) is 17.5 Å². The summed E-state index contributed by atoms with van der Waals surface area (Å²) in [6.07, 6.45) is 0.0544. The average molecular weight is 524 g/mol. The van der Waals surface area contributed by atoms with Crippen molar-refractivity contribution in [2.75, 3.05) is 19.0 Å². The summed E-state index contributed by atoms with van der Waals surface area (Å²) in [6, 6.07) is 17.5. The SMILES string of the molecule is CCOC(=O)c1ccc(N=C2SC(C(=O)Nc3ccc(OC)cc3)CC(=O)N2Cc2cccs2)cc1. The maximum atomic E-state index is 13.2. The first-order valence-electron chi connectivity index (χ1n) is 11.3. The van der Waals surface area contributed by atoms with Crippen LogP contribution in [0.5, 0.6) is 5.75 Å². The minimum Gasteiger partial charge on any atom is -0.497 e. The molecule has 1 aliphatic rings. The number of nitrogens with zero attached hydrogens (tertiary/aromatic N) is 2. The Morgan fingerprint density at radius 1 is 1.11 bits per heavy atom. The summed E-state index contributed by atoms with van der Waals surface area (Å²) in [4.78, 5) is 45.4. The van der Waals surface area contributed by atoms with Gasteiger partial charge in [0.05, 0.1) is 31.5 Å². The van der Waals surface area contributed by atoms with Crippen LogP contribution in [0, 0.1) is 0 Å². The van der Waals surface area contributed by atoms with Crippen LogP contribution >= 0.6 is 23.1 Å². The lowest BCUT2D eigenvalue weighted by atomic mass is 10.2. The van der Waals surface area contributed by atoms with Gasteiger partial charge in [0.15, 0.2) is 5.17 Å². The van der Waals surface area contributed by atoms with E-state index in [0.29, 0.717) is 41.0 Å². The molecule has 10 heteroatoms. The Kier molecular flexibility index (Phi) is 8.40. The highest BCUT2D eigenvalue weighted by atomic mass is 32.2. The van der Waals surface area contributed by atoms with Gasteiger partial charge in [-0.05, 0) is 66.9 Å². The van der Waals surface area contributed by atoms with E-state index in [9.17, 15) is 14.4 Å². The summed E-state index contributed by atoms with van der Waals surface area (Å²) < 4.78 is 10.2. The van der Waals surface area contributed by atoms with Gasteiger partial charge in [-0.1, -0.05) is 17.8 Å². The number of amidine groups is 1. The van der Waals surface area contributed by atoms with E-state index in [0.717, 1.165) is 4.88 Å². The van der Waals surface area contributed by atoms with Crippen molar-refractivity contribution in [2.45, 2.75) is 25.1 Å². The Morgan fingerprint density at radius 3 is 2.50 bits per heavy atom. The molecule has 36 heavy (non-hydrogen) atoms. The van der Waals surface area contributed by atoms with Gasteiger partial charge in [0.25, 0.3) is 0 Å². The number of nitrogens with one attached hydrogen (secondary N) is 1. The van der Waals surface area contributed by atoms with Gasteiger partial charge in [-0.25, -0.2) is 9.79 Å². The summed E-state index contributed by atoms with van der Waals surface area (Å²) in [7, 11) is 1.57. The number of methoxy groups -OCH3 is 1. The summed E-state index contributed by atoms with van der Waals surface area (Å²) in [5, 5.41) is 4.61. The van der Waals surface area contributed by atoms with Crippen molar-refractivity contribution in [1.29, 1.82) is 0 Å². The maximum absolute atomic E-state index is 13.2. The molecule has 8 nitrogen and oxygen atoms in total. The number of rotatable bonds is 8. The van der Waals surface area contributed by atoms with Crippen molar-refractivity contribution in [3.63, 3.8) is 0 Å². The molecule has 2 heterocycles. The highest BCUT2D eigenvalue weighted by Gasteiger charge is 2.36. The van der Waals surface area contributed by atoms with Gasteiger partial charge < -0.3 is 14.8 Å². The molecule has 1 saturated heterocycles. The molecule has 4 rings (SSSR count). The van der Waals surface area contributed by atoms with E-state index in [1.165, 1.54) is 11.8 Å². The Hall–Kier alpha value is -3.63. The van der Waals surface area contributed by atoms with Crippen LogP contribution < -0.4 is 10.1 Å². The van der Waals surface area contributed by atoms with Crippen LogP contribution in [0.15, 0.2) is 71.0 Å². The van der Waals surface area contributed by atoms with E-state index < -0.39 is 11.2 Å². The fraction of sp³-hybridized carbons (Fsp3) is 0.231. The number of anilines is 1. The highest BCUT2D eigenvalue weighted by molar-refractivity contribution is 8.15. The van der Waals surface area contributed by atoms with E-state index >= 15 is 0 Å². The predicted molar refractivity (Wildman–Crippen MR) is 142 cm³/mol. The maximum Gasteiger partial charge on any atom is 0.338 e. The average Bonchev–Trinajstić information content (AvgIpc) is 3.40. The van der Waals surface area contributed by atoms with Crippen LogP contribution in [0.25, 0.3) is 0 Å². The number of aliphatic imine (C=N–C) groups is 1. The Morgan fingerprint density at radius 2 is 1.86 bits per heavy atom. The number of thiophene rings is 1. The van der Waals surface area contributed by atoms with E-state index in [4.69, 9.17) is 9.47 Å². The zero-order valence-electron chi connectivity index (χ0n) is 19.8. The molecule has 0 spiro atoms. The zero-order valence-corrected chi connectivity index (χ0v) is 21.4. The van der Waals surface area contributed by atoms with Crippen LogP contribution in [0.3, 0.4) is 0 Å². The number of benzene rings is 2. The van der Waals surface area contributed by atoms with E-state index in [1.54, 1.807) is 78.8 Å². The number of ether oxygens (including phenoxy) is 2. The lowest BCUT2D eigenvalue weighted by molar-refractivity contribution is -0.129. The third-order valence-electron chi connectivity index (χ3n) is 5.29. The molecule has 1 fully saturated rings. The van der Waals surface area contributed by atoms with Crippen LogP contribution in [-0.2, 0) is 20.9 Å². The second kappa shape index (κ2) is 11.9. The van der Waals surface area contributed by atoms with Gasteiger partial charge in [-0.3, -0.25) is 14.5 Å². The molecule has 1 N–H and O–H groups in total. The lowest BCUT2D eigenvalue weighted by Crippen LogP contribution is -2.44.